The molecular weight excluding hydrogens is 322 g/mol. The van der Waals surface area contributed by atoms with Crippen LogP contribution in [0.4, 0.5) is 0 Å². The zero-order chi connectivity index (χ0) is 18.5. The lowest BCUT2D eigenvalue weighted by Gasteiger charge is -2.10. The molecule has 26 heavy (non-hydrogen) atoms. The van der Waals surface area contributed by atoms with Crippen molar-refractivity contribution in [1.82, 2.24) is 9.55 Å². The smallest absolute Gasteiger partial charge is 0.261 e. The van der Waals surface area contributed by atoms with E-state index < -0.39 is 0 Å². The van der Waals surface area contributed by atoms with Crippen LogP contribution in [0.2, 0.25) is 0 Å². The third-order valence-electron chi connectivity index (χ3n) is 4.99. The van der Waals surface area contributed by atoms with Gasteiger partial charge in [-0.3, -0.25) is 14.4 Å². The molecule has 0 aliphatic carbocycles. The van der Waals surface area contributed by atoms with E-state index in [1.807, 2.05) is 41.0 Å². The van der Waals surface area contributed by atoms with Crippen molar-refractivity contribution >= 4 is 22.7 Å². The molecule has 0 bridgehead atoms. The molecule has 0 fully saturated rings. The highest BCUT2D eigenvalue weighted by atomic mass is 16.1. The van der Waals surface area contributed by atoms with Crippen LogP contribution in [-0.2, 0) is 13.0 Å². The highest BCUT2D eigenvalue weighted by Crippen LogP contribution is 2.20. The molecule has 0 saturated heterocycles. The van der Waals surface area contributed by atoms with Crippen LogP contribution < -0.4 is 5.56 Å². The largest absolute Gasteiger partial charge is 0.296 e. The van der Waals surface area contributed by atoms with Crippen LogP contribution in [0.3, 0.4) is 0 Å². The van der Waals surface area contributed by atoms with Crippen molar-refractivity contribution in [2.75, 3.05) is 7.05 Å². The second-order valence-corrected chi connectivity index (χ2v) is 6.99. The van der Waals surface area contributed by atoms with E-state index in [0.717, 1.165) is 54.8 Å². The first-order valence-corrected chi connectivity index (χ1v) is 9.47. The van der Waals surface area contributed by atoms with Crippen molar-refractivity contribution in [3.8, 4) is 0 Å². The SMILES string of the molecule is CC/C=C\C(/C=C/c1ccc2c(=O)n3c(nc2c1)CCC(C)CC3)=NC. The lowest BCUT2D eigenvalue weighted by atomic mass is 10.0. The van der Waals surface area contributed by atoms with Gasteiger partial charge >= 0.3 is 0 Å². The number of aliphatic imine (C=N–C) groups is 1. The standard InChI is InChI=1S/C22H27N3O/c1-4-5-6-18(23-3)10-8-17-9-11-19-20(15-17)24-21-12-7-16(2)13-14-25(21)22(19)26/h5-6,8-11,15-16H,4,7,12-14H2,1-3H3/b6-5-,10-8+,23-18?. The predicted molar refractivity (Wildman–Crippen MR) is 110 cm³/mol. The molecule has 0 N–H and O–H groups in total. The topological polar surface area (TPSA) is 47.2 Å². The van der Waals surface area contributed by atoms with Gasteiger partial charge in [0.15, 0.2) is 0 Å². The molecule has 2 heterocycles. The van der Waals surface area contributed by atoms with Gasteiger partial charge < -0.3 is 0 Å². The van der Waals surface area contributed by atoms with Gasteiger partial charge in [-0.1, -0.05) is 32.1 Å². The second-order valence-electron chi connectivity index (χ2n) is 6.99. The average Bonchev–Trinajstić information content (AvgIpc) is 2.84. The van der Waals surface area contributed by atoms with Crippen molar-refractivity contribution in [2.45, 2.75) is 46.1 Å². The monoisotopic (exact) mass is 349 g/mol. The van der Waals surface area contributed by atoms with Crippen molar-refractivity contribution in [2.24, 2.45) is 10.9 Å². The quantitative estimate of drug-likeness (QED) is 0.767. The minimum Gasteiger partial charge on any atom is -0.296 e. The molecule has 0 amide bonds. The van der Waals surface area contributed by atoms with Gasteiger partial charge in [0, 0.05) is 20.0 Å². The molecule has 1 aromatic heterocycles. The Labute approximate surface area is 155 Å². The molecule has 1 unspecified atom stereocenters. The number of hydrogen-bond donors (Lipinski definition) is 0. The predicted octanol–water partition coefficient (Wildman–Crippen LogP) is 4.42. The van der Waals surface area contributed by atoms with Gasteiger partial charge in [0.25, 0.3) is 5.56 Å². The number of allylic oxidation sites excluding steroid dienone is 3. The Hall–Kier alpha value is -2.49. The van der Waals surface area contributed by atoms with E-state index in [-0.39, 0.29) is 5.56 Å². The first kappa shape index (κ1) is 18.3. The number of nitrogens with zero attached hydrogens (tertiary/aromatic N) is 3. The zero-order valence-corrected chi connectivity index (χ0v) is 15.9. The Morgan fingerprint density at radius 3 is 2.96 bits per heavy atom. The van der Waals surface area contributed by atoms with Crippen LogP contribution in [0, 0.1) is 5.92 Å². The lowest BCUT2D eigenvalue weighted by molar-refractivity contribution is 0.484. The number of aryl methyl sites for hydroxylation is 1. The summed E-state index contributed by atoms with van der Waals surface area (Å²) in [6.45, 7) is 5.13. The Morgan fingerprint density at radius 2 is 2.19 bits per heavy atom. The summed E-state index contributed by atoms with van der Waals surface area (Å²) in [5, 5.41) is 0.704. The first-order valence-electron chi connectivity index (χ1n) is 9.47. The molecule has 0 saturated carbocycles. The fourth-order valence-electron chi connectivity index (χ4n) is 3.30. The average molecular weight is 349 g/mol. The fourth-order valence-corrected chi connectivity index (χ4v) is 3.30. The fraction of sp³-hybridized carbons (Fsp3) is 0.409. The van der Waals surface area contributed by atoms with Gasteiger partial charge in [-0.2, -0.15) is 0 Å². The Kier molecular flexibility index (Phi) is 5.82. The molecule has 1 aliphatic heterocycles. The Bertz CT molecular complexity index is 934. The second kappa shape index (κ2) is 8.26. The summed E-state index contributed by atoms with van der Waals surface area (Å²) in [5.41, 5.74) is 2.84. The van der Waals surface area contributed by atoms with Crippen molar-refractivity contribution in [3.63, 3.8) is 0 Å². The Morgan fingerprint density at radius 1 is 1.35 bits per heavy atom. The molecule has 0 radical (unpaired) electrons. The summed E-state index contributed by atoms with van der Waals surface area (Å²) < 4.78 is 1.87. The van der Waals surface area contributed by atoms with Gasteiger partial charge in [0.2, 0.25) is 0 Å². The van der Waals surface area contributed by atoms with E-state index in [2.05, 4.69) is 24.9 Å². The van der Waals surface area contributed by atoms with E-state index >= 15 is 0 Å². The van der Waals surface area contributed by atoms with Gasteiger partial charge in [-0.25, -0.2) is 4.98 Å². The van der Waals surface area contributed by atoms with Crippen molar-refractivity contribution in [3.05, 3.63) is 58.2 Å². The minimum atomic E-state index is 0.0938. The van der Waals surface area contributed by atoms with Crippen LogP contribution in [0.25, 0.3) is 17.0 Å². The van der Waals surface area contributed by atoms with Crippen molar-refractivity contribution in [1.29, 1.82) is 0 Å². The maximum Gasteiger partial charge on any atom is 0.261 e. The third kappa shape index (κ3) is 4.01. The summed E-state index contributed by atoms with van der Waals surface area (Å²) >= 11 is 0. The normalized spacial score (nSPS) is 18.6. The third-order valence-corrected chi connectivity index (χ3v) is 4.99. The maximum atomic E-state index is 12.9. The van der Waals surface area contributed by atoms with Crippen LogP contribution >= 0.6 is 0 Å². The summed E-state index contributed by atoms with van der Waals surface area (Å²) in [6, 6.07) is 5.88. The maximum absolute atomic E-state index is 12.9. The van der Waals surface area contributed by atoms with Crippen LogP contribution in [-0.4, -0.2) is 22.3 Å². The highest BCUT2D eigenvalue weighted by molar-refractivity contribution is 6.06. The van der Waals surface area contributed by atoms with E-state index in [9.17, 15) is 4.79 Å². The van der Waals surface area contributed by atoms with E-state index in [1.165, 1.54) is 0 Å². The van der Waals surface area contributed by atoms with Gasteiger partial charge in [0.05, 0.1) is 16.6 Å². The summed E-state index contributed by atoms with van der Waals surface area (Å²) in [6.07, 6.45) is 12.1. The highest BCUT2D eigenvalue weighted by Gasteiger charge is 2.16. The molecule has 1 atom stereocenters. The van der Waals surface area contributed by atoms with Gasteiger partial charge in [0.1, 0.15) is 5.82 Å². The molecule has 4 nitrogen and oxygen atoms in total. The van der Waals surface area contributed by atoms with E-state index in [0.29, 0.717) is 11.3 Å². The zero-order valence-electron chi connectivity index (χ0n) is 15.9. The van der Waals surface area contributed by atoms with Crippen molar-refractivity contribution < 1.29 is 0 Å². The van der Waals surface area contributed by atoms with Crippen LogP contribution in [0.15, 0.2) is 46.2 Å². The first-order chi connectivity index (χ1) is 12.6. The number of rotatable bonds is 4. The minimum absolute atomic E-state index is 0.0938. The molecule has 136 valence electrons. The molecule has 0 spiro atoms. The molecule has 1 aromatic carbocycles. The Balaban J connectivity index is 1.97. The van der Waals surface area contributed by atoms with Crippen LogP contribution in [0.5, 0.6) is 0 Å². The van der Waals surface area contributed by atoms with Crippen LogP contribution in [0.1, 0.15) is 44.5 Å². The molecule has 1 aliphatic rings. The van der Waals surface area contributed by atoms with E-state index in [4.69, 9.17) is 4.98 Å². The molecule has 3 rings (SSSR count). The summed E-state index contributed by atoms with van der Waals surface area (Å²) in [4.78, 5) is 21.9. The molecule has 4 heteroatoms. The number of hydrogen-bond acceptors (Lipinski definition) is 3. The summed E-state index contributed by atoms with van der Waals surface area (Å²) in [7, 11) is 1.79. The van der Waals surface area contributed by atoms with Gasteiger partial charge in [-0.05, 0) is 55.0 Å². The number of fused-ring (bicyclic) bond motifs is 2. The van der Waals surface area contributed by atoms with Gasteiger partial charge in [-0.15, -0.1) is 0 Å². The number of benzene rings is 1. The lowest BCUT2D eigenvalue weighted by Crippen LogP contribution is -2.24. The summed E-state index contributed by atoms with van der Waals surface area (Å²) in [5.74, 6) is 1.57. The molecular formula is C22H27N3O. The number of aromatic nitrogens is 2. The molecule has 2 aromatic rings. The van der Waals surface area contributed by atoms with E-state index in [1.54, 1.807) is 7.05 Å².